The molecule has 0 spiro atoms. The van der Waals surface area contributed by atoms with E-state index in [1.807, 2.05) is 0 Å². The van der Waals surface area contributed by atoms with Crippen LogP contribution in [0, 0.1) is 0 Å². The number of hydrogen-bond donors (Lipinski definition) is 0. The second-order valence-corrected chi connectivity index (χ2v) is 7.58. The van der Waals surface area contributed by atoms with Crippen molar-refractivity contribution in [1.82, 2.24) is 0 Å². The van der Waals surface area contributed by atoms with Gasteiger partial charge in [0.15, 0.2) is 0 Å². The Hall–Kier alpha value is 1.10. The topological polar surface area (TPSA) is 17.1 Å². The molecule has 0 saturated heterocycles. The summed E-state index contributed by atoms with van der Waals surface area (Å²) in [6.45, 7) is 1.69. The van der Waals surface area contributed by atoms with Crippen molar-refractivity contribution < 1.29 is 4.57 Å². The Labute approximate surface area is 63.3 Å². The van der Waals surface area contributed by atoms with E-state index in [-0.39, 0.29) is 11.5 Å². The van der Waals surface area contributed by atoms with Crippen LogP contribution >= 0.6 is 39.9 Å². The fourth-order valence-corrected chi connectivity index (χ4v) is 3.13. The maximum atomic E-state index is 10.5. The molecule has 50 valence electrons. The van der Waals surface area contributed by atoms with Gasteiger partial charge in [0, 0.05) is 11.5 Å². The quantitative estimate of drug-likeness (QED) is 0.488. The molecule has 0 aromatic carbocycles. The second kappa shape index (κ2) is 3.31. The van der Waals surface area contributed by atoms with Gasteiger partial charge < -0.3 is 0 Å². The SMILES string of the molecule is CC(Cl)CP(=O)(Cl)Cl. The van der Waals surface area contributed by atoms with E-state index >= 15 is 0 Å². The van der Waals surface area contributed by atoms with Crippen LogP contribution in [0.4, 0.5) is 0 Å². The number of hydrogen-bond acceptors (Lipinski definition) is 1. The average Bonchev–Trinajstić information content (AvgIpc) is 1.21. The molecule has 0 N–H and O–H groups in total. The number of halogens is 3. The van der Waals surface area contributed by atoms with Crippen molar-refractivity contribution in [2.45, 2.75) is 12.3 Å². The lowest BCUT2D eigenvalue weighted by atomic mass is 10.6. The van der Waals surface area contributed by atoms with Crippen LogP contribution in [-0.2, 0) is 4.57 Å². The van der Waals surface area contributed by atoms with Gasteiger partial charge in [-0.15, -0.1) is 11.6 Å². The second-order valence-electron chi connectivity index (χ2n) is 1.53. The van der Waals surface area contributed by atoms with Crippen molar-refractivity contribution >= 4 is 39.9 Å². The minimum atomic E-state index is -2.91. The van der Waals surface area contributed by atoms with Gasteiger partial charge in [0.2, 0.25) is 0 Å². The van der Waals surface area contributed by atoms with E-state index in [1.54, 1.807) is 6.92 Å². The van der Waals surface area contributed by atoms with Gasteiger partial charge in [0.25, 0.3) is 5.85 Å². The third kappa shape index (κ3) is 7.10. The molecule has 0 rings (SSSR count). The van der Waals surface area contributed by atoms with Gasteiger partial charge in [-0.2, -0.15) is 0 Å². The van der Waals surface area contributed by atoms with Gasteiger partial charge in [-0.25, -0.2) is 0 Å². The van der Waals surface area contributed by atoms with Crippen molar-refractivity contribution in [3.63, 3.8) is 0 Å². The molecule has 0 aromatic heterocycles. The lowest BCUT2D eigenvalue weighted by Crippen LogP contribution is -1.93. The smallest absolute Gasteiger partial charge is 0.254 e. The van der Waals surface area contributed by atoms with Crippen molar-refractivity contribution in [3.05, 3.63) is 0 Å². The van der Waals surface area contributed by atoms with Crippen molar-refractivity contribution in [3.8, 4) is 0 Å². The summed E-state index contributed by atoms with van der Waals surface area (Å²) < 4.78 is 10.5. The normalized spacial score (nSPS) is 16.0. The third-order valence-corrected chi connectivity index (χ3v) is 2.63. The predicted molar refractivity (Wildman–Crippen MR) is 39.5 cm³/mol. The van der Waals surface area contributed by atoms with Gasteiger partial charge in [0.05, 0.1) is 0 Å². The van der Waals surface area contributed by atoms with E-state index in [0.29, 0.717) is 0 Å². The zero-order valence-electron chi connectivity index (χ0n) is 4.27. The summed E-state index contributed by atoms with van der Waals surface area (Å²) in [5.74, 6) is -2.91. The van der Waals surface area contributed by atoms with E-state index in [2.05, 4.69) is 0 Å². The molecule has 0 heterocycles. The van der Waals surface area contributed by atoms with Crippen LogP contribution in [0.25, 0.3) is 0 Å². The van der Waals surface area contributed by atoms with Crippen LogP contribution in [0.2, 0.25) is 0 Å². The maximum absolute atomic E-state index is 10.5. The van der Waals surface area contributed by atoms with Gasteiger partial charge in [-0.3, -0.25) is 4.57 Å². The highest BCUT2D eigenvalue weighted by molar-refractivity contribution is 8.08. The largest absolute Gasteiger partial charge is 0.289 e. The monoisotopic (exact) mass is 194 g/mol. The first-order valence-corrected chi connectivity index (χ1v) is 6.18. The van der Waals surface area contributed by atoms with E-state index in [4.69, 9.17) is 34.1 Å². The molecule has 1 nitrogen and oxygen atoms in total. The summed E-state index contributed by atoms with van der Waals surface area (Å²) in [6.07, 6.45) is 0.178. The molecule has 1 unspecified atom stereocenters. The summed E-state index contributed by atoms with van der Waals surface area (Å²) in [5, 5.41) is -0.212. The lowest BCUT2D eigenvalue weighted by Gasteiger charge is -2.00. The van der Waals surface area contributed by atoms with Crippen LogP contribution in [-0.4, -0.2) is 11.5 Å². The highest BCUT2D eigenvalue weighted by atomic mass is 35.9. The first kappa shape index (κ1) is 9.10. The zero-order valence-corrected chi connectivity index (χ0v) is 7.44. The molecular formula is C3H6Cl3OP. The molecule has 0 saturated carbocycles. The Kier molecular flexibility index (Phi) is 3.77. The van der Waals surface area contributed by atoms with Crippen LogP contribution in [0.5, 0.6) is 0 Å². The van der Waals surface area contributed by atoms with E-state index < -0.39 is 5.85 Å². The fraction of sp³-hybridized carbons (Fsp3) is 1.00. The standard InChI is InChI=1S/C3H6Cl3OP/c1-3(4)2-8(5,6)7/h3H,2H2,1H3. The summed E-state index contributed by atoms with van der Waals surface area (Å²) in [4.78, 5) is 0. The molecule has 0 bridgehead atoms. The fourth-order valence-electron chi connectivity index (χ4n) is 0.293. The molecule has 0 aromatic rings. The first-order chi connectivity index (χ1) is 3.42. The van der Waals surface area contributed by atoms with E-state index in [1.165, 1.54) is 0 Å². The maximum Gasteiger partial charge on any atom is 0.254 e. The Bertz CT molecular complexity index is 107. The van der Waals surface area contributed by atoms with E-state index in [0.717, 1.165) is 0 Å². The first-order valence-electron chi connectivity index (χ1n) is 2.04. The van der Waals surface area contributed by atoms with Gasteiger partial charge in [-0.1, -0.05) is 0 Å². The molecule has 0 aliphatic rings. The summed E-state index contributed by atoms with van der Waals surface area (Å²) >= 11 is 15.8. The lowest BCUT2D eigenvalue weighted by molar-refractivity contribution is 0.592. The molecule has 0 aliphatic carbocycles. The Morgan fingerprint density at radius 3 is 2.00 bits per heavy atom. The van der Waals surface area contributed by atoms with E-state index in [9.17, 15) is 4.57 Å². The molecular weight excluding hydrogens is 189 g/mol. The molecule has 0 amide bonds. The van der Waals surface area contributed by atoms with Crippen LogP contribution < -0.4 is 0 Å². The zero-order chi connectivity index (χ0) is 6.78. The molecule has 0 radical (unpaired) electrons. The van der Waals surface area contributed by atoms with Crippen LogP contribution in [0.1, 0.15) is 6.92 Å². The summed E-state index contributed by atoms with van der Waals surface area (Å²) in [5.41, 5.74) is 0. The molecule has 1 atom stereocenters. The number of rotatable bonds is 2. The Morgan fingerprint density at radius 2 is 2.00 bits per heavy atom. The molecule has 8 heavy (non-hydrogen) atoms. The predicted octanol–water partition coefficient (Wildman–Crippen LogP) is 3.28. The summed E-state index contributed by atoms with van der Waals surface area (Å²) in [6, 6.07) is 0. The minimum absolute atomic E-state index is 0.178. The van der Waals surface area contributed by atoms with Gasteiger partial charge in [-0.05, 0) is 29.4 Å². The Balaban J connectivity index is 3.56. The minimum Gasteiger partial charge on any atom is -0.289 e. The average molecular weight is 195 g/mol. The molecule has 5 heteroatoms. The van der Waals surface area contributed by atoms with Crippen LogP contribution in [0.15, 0.2) is 0 Å². The highest BCUT2D eigenvalue weighted by Gasteiger charge is 2.15. The van der Waals surface area contributed by atoms with Crippen molar-refractivity contribution in [1.29, 1.82) is 0 Å². The van der Waals surface area contributed by atoms with Crippen molar-refractivity contribution in [2.75, 3.05) is 6.16 Å². The molecule has 0 fully saturated rings. The van der Waals surface area contributed by atoms with Crippen LogP contribution in [0.3, 0.4) is 0 Å². The third-order valence-electron chi connectivity index (χ3n) is 0.464. The highest BCUT2D eigenvalue weighted by Crippen LogP contribution is 2.57. The summed E-state index contributed by atoms with van der Waals surface area (Å²) in [7, 11) is 0. The number of alkyl halides is 1. The Morgan fingerprint density at radius 1 is 1.62 bits per heavy atom. The van der Waals surface area contributed by atoms with Gasteiger partial charge >= 0.3 is 0 Å². The molecule has 0 aliphatic heterocycles. The van der Waals surface area contributed by atoms with Gasteiger partial charge in [0.1, 0.15) is 0 Å². The van der Waals surface area contributed by atoms with Crippen molar-refractivity contribution in [2.24, 2.45) is 0 Å².